The molecule has 0 aliphatic carbocycles. The molecule has 2 N–H and O–H groups in total. The number of nitriles is 1. The number of carbonyl (C=O) groups excluding carboxylic acids is 1. The van der Waals surface area contributed by atoms with Gasteiger partial charge in [0.1, 0.15) is 6.20 Å². The monoisotopic (exact) mass is 311 g/mol. The lowest BCUT2D eigenvalue weighted by Crippen LogP contribution is -2.16. The van der Waals surface area contributed by atoms with E-state index in [1.165, 1.54) is 0 Å². The Morgan fingerprint density at radius 2 is 2.30 bits per heavy atom. The molecule has 10 heteroatoms. The highest BCUT2D eigenvalue weighted by atomic mass is 16.6. The summed E-state index contributed by atoms with van der Waals surface area (Å²) < 4.78 is 1.58. The van der Waals surface area contributed by atoms with Crippen LogP contribution in [0, 0.1) is 21.4 Å². The Bertz CT molecular complexity index is 979. The fourth-order valence-electron chi connectivity index (χ4n) is 2.12. The van der Waals surface area contributed by atoms with E-state index in [0.29, 0.717) is 16.6 Å². The molecule has 10 nitrogen and oxygen atoms in total. The van der Waals surface area contributed by atoms with Gasteiger partial charge in [-0.05, 0) is 18.2 Å². The molecule has 0 atom stereocenters. The van der Waals surface area contributed by atoms with E-state index in [0.717, 1.165) is 6.20 Å². The van der Waals surface area contributed by atoms with Crippen molar-refractivity contribution in [2.45, 2.75) is 0 Å². The largest absolute Gasteiger partial charge is 0.319 e. The van der Waals surface area contributed by atoms with Crippen molar-refractivity contribution in [3.63, 3.8) is 0 Å². The van der Waals surface area contributed by atoms with Crippen molar-refractivity contribution < 1.29 is 9.72 Å². The SMILES string of the molecule is Cn1c(NC(=O)c2[nH]ncc2[N+](=O)[O-])nc2ccc(C#N)cc21. The van der Waals surface area contributed by atoms with Crippen molar-refractivity contribution in [2.75, 3.05) is 5.32 Å². The molecule has 2 aromatic heterocycles. The predicted molar refractivity (Wildman–Crippen MR) is 78.6 cm³/mol. The van der Waals surface area contributed by atoms with Gasteiger partial charge in [-0.1, -0.05) is 0 Å². The molecule has 114 valence electrons. The van der Waals surface area contributed by atoms with E-state index in [2.05, 4.69) is 20.5 Å². The minimum Gasteiger partial charge on any atom is -0.313 e. The van der Waals surface area contributed by atoms with Crippen LogP contribution in [0.5, 0.6) is 0 Å². The minimum absolute atomic E-state index is 0.198. The third-order valence-electron chi connectivity index (χ3n) is 3.28. The summed E-state index contributed by atoms with van der Waals surface area (Å²) in [6.45, 7) is 0. The van der Waals surface area contributed by atoms with Gasteiger partial charge in [0.2, 0.25) is 11.6 Å². The molecule has 2 heterocycles. The van der Waals surface area contributed by atoms with Crippen LogP contribution in [0.4, 0.5) is 11.6 Å². The molecule has 0 aliphatic heterocycles. The van der Waals surface area contributed by atoms with Crippen LogP contribution in [0.2, 0.25) is 0 Å². The Labute approximate surface area is 128 Å². The first-order chi connectivity index (χ1) is 11.0. The number of nitrogens with zero attached hydrogens (tertiary/aromatic N) is 5. The molecule has 0 aliphatic rings. The zero-order chi connectivity index (χ0) is 16.6. The van der Waals surface area contributed by atoms with E-state index in [1.807, 2.05) is 6.07 Å². The van der Waals surface area contributed by atoms with Crippen molar-refractivity contribution in [3.8, 4) is 6.07 Å². The van der Waals surface area contributed by atoms with Crippen LogP contribution >= 0.6 is 0 Å². The van der Waals surface area contributed by atoms with Crippen molar-refractivity contribution in [3.05, 3.63) is 45.8 Å². The highest BCUT2D eigenvalue weighted by molar-refractivity contribution is 6.05. The maximum Gasteiger partial charge on any atom is 0.319 e. The van der Waals surface area contributed by atoms with Gasteiger partial charge in [0.15, 0.2) is 0 Å². The van der Waals surface area contributed by atoms with E-state index in [4.69, 9.17) is 5.26 Å². The number of carbonyl (C=O) groups is 1. The number of aromatic amines is 1. The van der Waals surface area contributed by atoms with E-state index in [1.54, 1.807) is 29.8 Å². The first-order valence-corrected chi connectivity index (χ1v) is 6.37. The maximum atomic E-state index is 12.2. The van der Waals surface area contributed by atoms with Crippen LogP contribution in [0.15, 0.2) is 24.4 Å². The molecule has 3 rings (SSSR count). The number of anilines is 1. The van der Waals surface area contributed by atoms with Gasteiger partial charge >= 0.3 is 5.69 Å². The van der Waals surface area contributed by atoms with Crippen LogP contribution in [-0.2, 0) is 7.05 Å². The third kappa shape index (κ3) is 2.36. The van der Waals surface area contributed by atoms with Gasteiger partial charge in [-0.3, -0.25) is 25.3 Å². The molecule has 0 saturated carbocycles. The summed E-state index contributed by atoms with van der Waals surface area (Å²) in [6, 6.07) is 6.92. The fraction of sp³-hybridized carbons (Fsp3) is 0.0769. The number of imidazole rings is 1. The molecular weight excluding hydrogens is 302 g/mol. The van der Waals surface area contributed by atoms with Gasteiger partial charge in [-0.15, -0.1) is 0 Å². The Kier molecular flexibility index (Phi) is 3.23. The third-order valence-corrected chi connectivity index (χ3v) is 3.28. The molecule has 1 amide bonds. The van der Waals surface area contributed by atoms with Crippen LogP contribution < -0.4 is 5.32 Å². The summed E-state index contributed by atoms with van der Waals surface area (Å²) >= 11 is 0. The number of nitrogens with one attached hydrogen (secondary N) is 2. The van der Waals surface area contributed by atoms with E-state index in [-0.39, 0.29) is 11.6 Å². The molecule has 3 aromatic rings. The summed E-state index contributed by atoms with van der Waals surface area (Å²) in [5.41, 5.74) is 1.01. The Balaban J connectivity index is 1.97. The summed E-state index contributed by atoms with van der Waals surface area (Å²) in [4.78, 5) is 26.5. The number of aryl methyl sites for hydroxylation is 1. The molecule has 1 aromatic carbocycles. The quantitative estimate of drug-likeness (QED) is 0.551. The van der Waals surface area contributed by atoms with E-state index in [9.17, 15) is 14.9 Å². The van der Waals surface area contributed by atoms with Gasteiger partial charge < -0.3 is 4.57 Å². The van der Waals surface area contributed by atoms with Gasteiger partial charge in [-0.25, -0.2) is 4.98 Å². The second-order valence-corrected chi connectivity index (χ2v) is 4.65. The predicted octanol–water partition coefficient (Wildman–Crippen LogP) is 1.33. The number of benzene rings is 1. The second-order valence-electron chi connectivity index (χ2n) is 4.65. The Morgan fingerprint density at radius 3 is 3.00 bits per heavy atom. The normalized spacial score (nSPS) is 10.4. The van der Waals surface area contributed by atoms with Crippen molar-refractivity contribution >= 4 is 28.6 Å². The Hall–Kier alpha value is -3.74. The number of amides is 1. The number of rotatable bonds is 3. The number of nitro groups is 1. The highest BCUT2D eigenvalue weighted by Gasteiger charge is 2.24. The number of hydrogen-bond donors (Lipinski definition) is 2. The number of H-pyrrole nitrogens is 1. The van der Waals surface area contributed by atoms with Gasteiger partial charge in [-0.2, -0.15) is 10.4 Å². The lowest BCUT2D eigenvalue weighted by Gasteiger charge is -2.03. The second kappa shape index (κ2) is 5.23. The average molecular weight is 311 g/mol. The lowest BCUT2D eigenvalue weighted by molar-refractivity contribution is -0.385. The summed E-state index contributed by atoms with van der Waals surface area (Å²) in [5.74, 6) is -0.530. The molecule has 23 heavy (non-hydrogen) atoms. The van der Waals surface area contributed by atoms with Gasteiger partial charge in [0.05, 0.1) is 27.6 Å². The fourth-order valence-corrected chi connectivity index (χ4v) is 2.12. The van der Waals surface area contributed by atoms with E-state index >= 15 is 0 Å². The standard InChI is InChI=1S/C13H9N7O3/c1-19-9-4-7(5-14)2-3-8(9)16-13(19)17-12(21)11-10(20(22)23)6-15-18-11/h2-4,6H,1H3,(H,15,18)(H,16,17,21). The van der Waals surface area contributed by atoms with Crippen molar-refractivity contribution in [1.82, 2.24) is 19.7 Å². The molecule has 0 spiro atoms. The van der Waals surface area contributed by atoms with Crippen molar-refractivity contribution in [1.29, 1.82) is 5.26 Å². The molecule has 0 radical (unpaired) electrons. The topological polar surface area (TPSA) is 143 Å². The summed E-state index contributed by atoms with van der Waals surface area (Å²) in [5, 5.41) is 28.0. The van der Waals surface area contributed by atoms with Crippen LogP contribution in [-0.4, -0.2) is 30.6 Å². The van der Waals surface area contributed by atoms with Crippen LogP contribution in [0.1, 0.15) is 16.1 Å². The maximum absolute atomic E-state index is 12.2. The molecular formula is C13H9N7O3. The zero-order valence-electron chi connectivity index (χ0n) is 11.8. The summed E-state index contributed by atoms with van der Waals surface area (Å²) in [6.07, 6.45) is 0.961. The average Bonchev–Trinajstić information content (AvgIpc) is 3.13. The number of hydrogen-bond acceptors (Lipinski definition) is 6. The molecule has 0 fully saturated rings. The summed E-state index contributed by atoms with van der Waals surface area (Å²) in [7, 11) is 1.66. The Morgan fingerprint density at radius 1 is 1.52 bits per heavy atom. The molecule has 0 unspecified atom stereocenters. The first kappa shape index (κ1) is 14.2. The van der Waals surface area contributed by atoms with Crippen LogP contribution in [0.25, 0.3) is 11.0 Å². The molecule has 0 bridgehead atoms. The molecule has 0 saturated heterocycles. The minimum atomic E-state index is -0.729. The van der Waals surface area contributed by atoms with E-state index < -0.39 is 16.5 Å². The zero-order valence-corrected chi connectivity index (χ0v) is 11.8. The van der Waals surface area contributed by atoms with Crippen molar-refractivity contribution in [2.24, 2.45) is 7.05 Å². The smallest absolute Gasteiger partial charge is 0.313 e. The van der Waals surface area contributed by atoms with Gasteiger partial charge in [0, 0.05) is 7.05 Å². The highest BCUT2D eigenvalue weighted by Crippen LogP contribution is 2.21. The lowest BCUT2D eigenvalue weighted by atomic mass is 10.2. The number of aromatic nitrogens is 4. The van der Waals surface area contributed by atoms with Crippen LogP contribution in [0.3, 0.4) is 0 Å². The number of fused-ring (bicyclic) bond motifs is 1. The first-order valence-electron chi connectivity index (χ1n) is 6.37. The van der Waals surface area contributed by atoms with Gasteiger partial charge in [0.25, 0.3) is 5.91 Å².